The van der Waals surface area contributed by atoms with Crippen molar-refractivity contribution in [3.63, 3.8) is 0 Å². The van der Waals surface area contributed by atoms with Crippen molar-refractivity contribution in [1.29, 1.82) is 0 Å². The van der Waals surface area contributed by atoms with Gasteiger partial charge in [-0.05, 0) is 27.7 Å². The number of ether oxygens (including phenoxy) is 1. The van der Waals surface area contributed by atoms with Gasteiger partial charge in [0.15, 0.2) is 0 Å². The van der Waals surface area contributed by atoms with Crippen LogP contribution in [0.3, 0.4) is 0 Å². The molecule has 0 aromatic carbocycles. The lowest BCUT2D eigenvalue weighted by molar-refractivity contribution is -0.0640. The van der Waals surface area contributed by atoms with E-state index in [1.54, 1.807) is 0 Å². The first-order valence-electron chi connectivity index (χ1n) is 7.40. The highest BCUT2D eigenvalue weighted by atomic mass is 16.5. The maximum Gasteiger partial charge on any atom is 0.0829 e. The minimum absolute atomic E-state index is 0.379. The number of rotatable bonds is 3. The number of nitrogens with zero attached hydrogens (tertiary/aromatic N) is 2. The molecule has 18 heavy (non-hydrogen) atoms. The number of nitrogens with one attached hydrogen (secondary N) is 1. The standard InChI is InChI=1S/C14H29N3O/c1-11(2)16-5-6-18-14(9-16)10-17-12(3)7-15-8-13(17)4/h11-15H,5-10H2,1-4H3. The first-order valence-corrected chi connectivity index (χ1v) is 7.40. The summed E-state index contributed by atoms with van der Waals surface area (Å²) in [4.78, 5) is 5.14. The first-order chi connectivity index (χ1) is 8.58. The van der Waals surface area contributed by atoms with Gasteiger partial charge >= 0.3 is 0 Å². The lowest BCUT2D eigenvalue weighted by Crippen LogP contribution is -2.59. The summed E-state index contributed by atoms with van der Waals surface area (Å²) in [6.07, 6.45) is 0.379. The Morgan fingerprint density at radius 2 is 1.89 bits per heavy atom. The predicted octanol–water partition coefficient (Wildman–Crippen LogP) is 0.778. The Morgan fingerprint density at radius 1 is 1.22 bits per heavy atom. The Morgan fingerprint density at radius 3 is 2.50 bits per heavy atom. The molecule has 3 atom stereocenters. The zero-order valence-corrected chi connectivity index (χ0v) is 12.4. The molecule has 0 radical (unpaired) electrons. The highest BCUT2D eigenvalue weighted by molar-refractivity contribution is 4.86. The van der Waals surface area contributed by atoms with E-state index in [1.165, 1.54) is 0 Å². The molecular weight excluding hydrogens is 226 g/mol. The largest absolute Gasteiger partial charge is 0.374 e. The highest BCUT2D eigenvalue weighted by Crippen LogP contribution is 2.15. The van der Waals surface area contributed by atoms with Gasteiger partial charge in [-0.25, -0.2) is 0 Å². The van der Waals surface area contributed by atoms with Gasteiger partial charge in [-0.2, -0.15) is 0 Å². The lowest BCUT2D eigenvalue weighted by atomic mass is 10.1. The Bertz CT molecular complexity index is 249. The van der Waals surface area contributed by atoms with E-state index < -0.39 is 0 Å². The van der Waals surface area contributed by atoms with Crippen LogP contribution in [0.1, 0.15) is 27.7 Å². The molecule has 4 nitrogen and oxygen atoms in total. The van der Waals surface area contributed by atoms with E-state index in [0.29, 0.717) is 24.2 Å². The van der Waals surface area contributed by atoms with Gasteiger partial charge < -0.3 is 10.1 Å². The average molecular weight is 255 g/mol. The smallest absolute Gasteiger partial charge is 0.0829 e. The minimum Gasteiger partial charge on any atom is -0.374 e. The summed E-state index contributed by atoms with van der Waals surface area (Å²) in [5, 5.41) is 3.49. The molecule has 2 fully saturated rings. The van der Waals surface area contributed by atoms with E-state index in [2.05, 4.69) is 42.8 Å². The average Bonchev–Trinajstić information content (AvgIpc) is 2.34. The normalized spacial score (nSPS) is 36.2. The van der Waals surface area contributed by atoms with Crippen LogP contribution in [0.2, 0.25) is 0 Å². The van der Waals surface area contributed by atoms with Crippen LogP contribution in [0.15, 0.2) is 0 Å². The Labute approximate surface area is 112 Å². The molecular formula is C14H29N3O. The van der Waals surface area contributed by atoms with Crippen LogP contribution in [0.4, 0.5) is 0 Å². The highest BCUT2D eigenvalue weighted by Gasteiger charge is 2.30. The molecule has 0 amide bonds. The molecule has 3 unspecified atom stereocenters. The molecule has 0 bridgehead atoms. The summed E-state index contributed by atoms with van der Waals surface area (Å²) >= 11 is 0. The van der Waals surface area contributed by atoms with Crippen molar-refractivity contribution < 1.29 is 4.74 Å². The van der Waals surface area contributed by atoms with Crippen LogP contribution >= 0.6 is 0 Å². The molecule has 4 heteroatoms. The van der Waals surface area contributed by atoms with Crippen molar-refractivity contribution in [3.8, 4) is 0 Å². The van der Waals surface area contributed by atoms with Crippen LogP contribution in [-0.2, 0) is 4.74 Å². The van der Waals surface area contributed by atoms with Gasteiger partial charge in [0.25, 0.3) is 0 Å². The second kappa shape index (κ2) is 6.33. The molecule has 0 aromatic heterocycles. The van der Waals surface area contributed by atoms with Crippen molar-refractivity contribution in [2.75, 3.05) is 39.3 Å². The minimum atomic E-state index is 0.379. The van der Waals surface area contributed by atoms with E-state index in [9.17, 15) is 0 Å². The van der Waals surface area contributed by atoms with Gasteiger partial charge in [0.2, 0.25) is 0 Å². The molecule has 2 aliphatic rings. The van der Waals surface area contributed by atoms with Gasteiger partial charge in [-0.3, -0.25) is 9.80 Å². The van der Waals surface area contributed by atoms with Crippen LogP contribution in [0.5, 0.6) is 0 Å². The second-order valence-electron chi connectivity index (χ2n) is 6.13. The molecule has 0 spiro atoms. The molecule has 0 aromatic rings. The Balaban J connectivity index is 1.87. The maximum atomic E-state index is 5.95. The monoisotopic (exact) mass is 255 g/mol. The molecule has 1 N–H and O–H groups in total. The summed E-state index contributed by atoms with van der Waals surface area (Å²) in [5.41, 5.74) is 0. The van der Waals surface area contributed by atoms with E-state index in [4.69, 9.17) is 4.74 Å². The molecule has 106 valence electrons. The van der Waals surface area contributed by atoms with Crippen molar-refractivity contribution in [1.82, 2.24) is 15.1 Å². The molecule has 2 aliphatic heterocycles. The van der Waals surface area contributed by atoms with Gasteiger partial charge in [-0.1, -0.05) is 0 Å². The van der Waals surface area contributed by atoms with Crippen molar-refractivity contribution in [2.45, 2.75) is 51.9 Å². The van der Waals surface area contributed by atoms with E-state index >= 15 is 0 Å². The molecule has 0 aliphatic carbocycles. The summed E-state index contributed by atoms with van der Waals surface area (Å²) in [6, 6.07) is 1.87. The SMILES string of the molecule is CC(C)N1CCOC(CN2C(C)CNCC2C)C1. The van der Waals surface area contributed by atoms with Crippen LogP contribution in [0, 0.1) is 0 Å². The topological polar surface area (TPSA) is 27.7 Å². The number of piperazine rings is 1. The Kier molecular flexibility index (Phi) is 5.01. The predicted molar refractivity (Wildman–Crippen MR) is 74.9 cm³/mol. The number of hydrogen-bond acceptors (Lipinski definition) is 4. The summed E-state index contributed by atoms with van der Waals surface area (Å²) in [7, 11) is 0. The summed E-state index contributed by atoms with van der Waals surface area (Å²) in [5.74, 6) is 0. The molecule has 2 rings (SSSR count). The molecule has 2 saturated heterocycles. The van der Waals surface area contributed by atoms with Gasteiger partial charge in [-0.15, -0.1) is 0 Å². The van der Waals surface area contributed by atoms with Gasteiger partial charge in [0.05, 0.1) is 12.7 Å². The number of morpholine rings is 1. The fourth-order valence-corrected chi connectivity index (χ4v) is 3.09. The van der Waals surface area contributed by atoms with E-state index in [-0.39, 0.29) is 0 Å². The van der Waals surface area contributed by atoms with Crippen molar-refractivity contribution in [2.24, 2.45) is 0 Å². The van der Waals surface area contributed by atoms with Crippen molar-refractivity contribution in [3.05, 3.63) is 0 Å². The molecule has 2 heterocycles. The summed E-state index contributed by atoms with van der Waals surface area (Å²) in [6.45, 7) is 15.5. The third-order valence-electron chi connectivity index (χ3n) is 4.33. The van der Waals surface area contributed by atoms with Gasteiger partial charge in [0, 0.05) is 50.8 Å². The maximum absolute atomic E-state index is 5.95. The molecule has 0 saturated carbocycles. The third-order valence-corrected chi connectivity index (χ3v) is 4.33. The van der Waals surface area contributed by atoms with Crippen LogP contribution in [-0.4, -0.2) is 73.4 Å². The second-order valence-corrected chi connectivity index (χ2v) is 6.13. The lowest BCUT2D eigenvalue weighted by Gasteiger charge is -2.43. The first kappa shape index (κ1) is 14.3. The number of hydrogen-bond donors (Lipinski definition) is 1. The quantitative estimate of drug-likeness (QED) is 0.806. The fraction of sp³-hybridized carbons (Fsp3) is 1.00. The fourth-order valence-electron chi connectivity index (χ4n) is 3.09. The van der Waals surface area contributed by atoms with Crippen LogP contribution < -0.4 is 5.32 Å². The van der Waals surface area contributed by atoms with Crippen molar-refractivity contribution >= 4 is 0 Å². The zero-order chi connectivity index (χ0) is 13.1. The zero-order valence-electron chi connectivity index (χ0n) is 12.4. The van der Waals surface area contributed by atoms with E-state index in [1.807, 2.05) is 0 Å². The van der Waals surface area contributed by atoms with Gasteiger partial charge in [0.1, 0.15) is 0 Å². The van der Waals surface area contributed by atoms with E-state index in [0.717, 1.165) is 39.3 Å². The Hall–Kier alpha value is -0.160. The summed E-state index contributed by atoms with van der Waals surface area (Å²) < 4.78 is 5.95. The third kappa shape index (κ3) is 3.44. The van der Waals surface area contributed by atoms with Crippen LogP contribution in [0.25, 0.3) is 0 Å².